The average Bonchev–Trinajstić information content (AvgIpc) is 2.69. The molecule has 1 amide bonds. The first-order chi connectivity index (χ1) is 13.8. The van der Waals surface area contributed by atoms with E-state index in [-0.39, 0.29) is 16.6 Å². The molecule has 0 aromatic heterocycles. The highest BCUT2D eigenvalue weighted by atomic mass is 32.2. The smallest absolute Gasteiger partial charge is 0.265 e. The topological polar surface area (TPSA) is 84.9 Å². The number of rotatable bonds is 6. The van der Waals surface area contributed by atoms with Gasteiger partial charge in [0.2, 0.25) is 5.91 Å². The van der Waals surface area contributed by atoms with Crippen molar-refractivity contribution in [2.24, 2.45) is 0 Å². The first-order valence-corrected chi connectivity index (χ1v) is 10.9. The van der Waals surface area contributed by atoms with Crippen LogP contribution in [0.1, 0.15) is 30.4 Å². The van der Waals surface area contributed by atoms with Crippen molar-refractivity contribution in [2.45, 2.75) is 38.0 Å². The molecular formula is C21H26N2O5S. The van der Waals surface area contributed by atoms with Gasteiger partial charge in [0, 0.05) is 19.0 Å². The van der Waals surface area contributed by atoms with Gasteiger partial charge in [0.1, 0.15) is 16.4 Å². The molecule has 8 heteroatoms. The third-order valence-corrected chi connectivity index (χ3v) is 6.52. The summed E-state index contributed by atoms with van der Waals surface area (Å²) in [6.45, 7) is 4.37. The average molecular weight is 419 g/mol. The normalized spacial score (nSPS) is 14.6. The number of aryl methyl sites for hydroxylation is 2. The quantitative estimate of drug-likeness (QED) is 0.774. The molecule has 1 aliphatic rings. The third-order valence-electron chi connectivity index (χ3n) is 5.12. The van der Waals surface area contributed by atoms with Gasteiger partial charge in [0.25, 0.3) is 10.0 Å². The molecule has 0 radical (unpaired) electrons. The van der Waals surface area contributed by atoms with E-state index in [9.17, 15) is 13.2 Å². The summed E-state index contributed by atoms with van der Waals surface area (Å²) < 4.78 is 39.3. The Bertz CT molecular complexity index is 1030. The predicted octanol–water partition coefficient (Wildman–Crippen LogP) is 3.64. The number of nitrogens with zero attached hydrogens (tertiary/aromatic N) is 1. The van der Waals surface area contributed by atoms with Crippen molar-refractivity contribution in [3.05, 3.63) is 41.5 Å². The van der Waals surface area contributed by atoms with Gasteiger partial charge >= 0.3 is 0 Å². The molecule has 1 heterocycles. The van der Waals surface area contributed by atoms with Gasteiger partial charge in [-0.1, -0.05) is 0 Å². The number of carbonyl (C=O) groups excluding carboxylic acids is 1. The lowest BCUT2D eigenvalue weighted by molar-refractivity contribution is -0.119. The van der Waals surface area contributed by atoms with E-state index in [0.717, 1.165) is 24.0 Å². The third kappa shape index (κ3) is 4.32. The maximum absolute atomic E-state index is 13.0. The van der Waals surface area contributed by atoms with Gasteiger partial charge in [-0.3, -0.25) is 9.52 Å². The van der Waals surface area contributed by atoms with Crippen LogP contribution in [-0.2, 0) is 14.8 Å². The van der Waals surface area contributed by atoms with Gasteiger partial charge in [-0.15, -0.1) is 0 Å². The van der Waals surface area contributed by atoms with E-state index in [1.165, 1.54) is 14.2 Å². The monoisotopic (exact) mass is 418 g/mol. The highest BCUT2D eigenvalue weighted by molar-refractivity contribution is 7.92. The maximum atomic E-state index is 13.0. The Balaban J connectivity index is 1.94. The number of hydrogen-bond donors (Lipinski definition) is 1. The molecule has 7 nitrogen and oxygen atoms in total. The number of hydrogen-bond acceptors (Lipinski definition) is 5. The second kappa shape index (κ2) is 8.32. The summed E-state index contributed by atoms with van der Waals surface area (Å²) in [5, 5.41) is 0. The number of amides is 1. The zero-order chi connectivity index (χ0) is 21.2. The molecule has 1 saturated heterocycles. The minimum absolute atomic E-state index is 0.0442. The van der Waals surface area contributed by atoms with E-state index in [1.807, 2.05) is 13.8 Å². The van der Waals surface area contributed by atoms with E-state index >= 15 is 0 Å². The summed E-state index contributed by atoms with van der Waals surface area (Å²) in [6, 6.07) is 8.22. The fourth-order valence-corrected chi connectivity index (χ4v) is 4.65. The van der Waals surface area contributed by atoms with Crippen molar-refractivity contribution in [2.75, 3.05) is 30.4 Å². The minimum atomic E-state index is -3.88. The van der Waals surface area contributed by atoms with Gasteiger partial charge in [-0.25, -0.2) is 8.42 Å². The van der Waals surface area contributed by atoms with Crippen LogP contribution < -0.4 is 19.1 Å². The van der Waals surface area contributed by atoms with Crippen molar-refractivity contribution in [3.8, 4) is 11.5 Å². The lowest BCUT2D eigenvalue weighted by Gasteiger charge is -2.28. The molecule has 1 aliphatic heterocycles. The number of anilines is 2. The van der Waals surface area contributed by atoms with Gasteiger partial charge in [0.15, 0.2) is 0 Å². The molecule has 2 aromatic carbocycles. The molecule has 0 atom stereocenters. The van der Waals surface area contributed by atoms with E-state index in [4.69, 9.17) is 9.47 Å². The summed E-state index contributed by atoms with van der Waals surface area (Å²) in [7, 11) is -0.941. The van der Waals surface area contributed by atoms with Crippen LogP contribution >= 0.6 is 0 Å². The summed E-state index contributed by atoms with van der Waals surface area (Å²) in [4.78, 5) is 14.0. The Hall–Kier alpha value is -2.74. The summed E-state index contributed by atoms with van der Waals surface area (Å²) in [5.41, 5.74) is 2.78. The Kier molecular flexibility index (Phi) is 6.02. The number of nitrogens with one attached hydrogen (secondary N) is 1. The van der Waals surface area contributed by atoms with Crippen LogP contribution in [0.15, 0.2) is 35.2 Å². The van der Waals surface area contributed by atoms with E-state index in [2.05, 4.69) is 4.72 Å². The molecule has 156 valence electrons. The number of ether oxygens (including phenoxy) is 2. The zero-order valence-corrected chi connectivity index (χ0v) is 17.9. The first-order valence-electron chi connectivity index (χ1n) is 9.43. The van der Waals surface area contributed by atoms with Crippen LogP contribution in [-0.4, -0.2) is 35.1 Å². The number of sulfonamides is 1. The van der Waals surface area contributed by atoms with Crippen molar-refractivity contribution in [1.29, 1.82) is 0 Å². The van der Waals surface area contributed by atoms with Crippen LogP contribution in [0.3, 0.4) is 0 Å². The molecule has 0 bridgehead atoms. The lowest BCUT2D eigenvalue weighted by Crippen LogP contribution is -2.35. The molecule has 0 unspecified atom stereocenters. The molecule has 0 spiro atoms. The first kappa shape index (κ1) is 21.0. The molecule has 1 N–H and O–H groups in total. The fraction of sp³-hybridized carbons (Fsp3) is 0.381. The Morgan fingerprint density at radius 1 is 0.966 bits per heavy atom. The summed E-state index contributed by atoms with van der Waals surface area (Å²) in [6.07, 6.45) is 2.31. The number of benzene rings is 2. The van der Waals surface area contributed by atoms with E-state index < -0.39 is 10.0 Å². The minimum Gasteiger partial charge on any atom is -0.495 e. The maximum Gasteiger partial charge on any atom is 0.265 e. The molecule has 29 heavy (non-hydrogen) atoms. The number of methoxy groups -OCH3 is 2. The van der Waals surface area contributed by atoms with Crippen molar-refractivity contribution in [3.63, 3.8) is 0 Å². The molecule has 0 aliphatic carbocycles. The number of carbonyl (C=O) groups is 1. The second-order valence-electron chi connectivity index (χ2n) is 7.08. The molecular weight excluding hydrogens is 392 g/mol. The van der Waals surface area contributed by atoms with Gasteiger partial charge in [-0.05, 0) is 62.1 Å². The number of piperidine rings is 1. The SMILES string of the molecule is COc1cc(NS(=O)(=O)c2cc(C)c(C)cc2OC)ccc1N1CCCCC1=O. The predicted molar refractivity (Wildman–Crippen MR) is 112 cm³/mol. The highest BCUT2D eigenvalue weighted by Crippen LogP contribution is 2.35. The Labute approximate surface area is 171 Å². The standard InChI is InChI=1S/C21H26N2O5S/c1-14-11-19(28-4)20(12-15(14)2)29(25,26)22-16-8-9-17(18(13-16)27-3)23-10-6-5-7-21(23)24/h8-9,11-13,22H,5-7,10H2,1-4H3. The Morgan fingerprint density at radius 3 is 2.31 bits per heavy atom. The molecule has 1 fully saturated rings. The molecule has 0 saturated carbocycles. The van der Waals surface area contributed by atoms with Crippen molar-refractivity contribution < 1.29 is 22.7 Å². The van der Waals surface area contributed by atoms with Crippen molar-refractivity contribution in [1.82, 2.24) is 0 Å². The molecule has 2 aromatic rings. The van der Waals surface area contributed by atoms with Crippen LogP contribution in [0, 0.1) is 13.8 Å². The van der Waals surface area contributed by atoms with E-state index in [1.54, 1.807) is 35.2 Å². The summed E-state index contributed by atoms with van der Waals surface area (Å²) in [5.74, 6) is 0.762. The second-order valence-corrected chi connectivity index (χ2v) is 8.73. The lowest BCUT2D eigenvalue weighted by atomic mass is 10.1. The van der Waals surface area contributed by atoms with Crippen LogP contribution in [0.2, 0.25) is 0 Å². The highest BCUT2D eigenvalue weighted by Gasteiger charge is 2.24. The van der Waals surface area contributed by atoms with E-state index in [0.29, 0.717) is 30.1 Å². The molecule has 3 rings (SSSR count). The van der Waals surface area contributed by atoms with Gasteiger partial charge < -0.3 is 14.4 Å². The summed E-state index contributed by atoms with van der Waals surface area (Å²) >= 11 is 0. The van der Waals surface area contributed by atoms with Gasteiger partial charge in [0.05, 0.1) is 25.6 Å². The van der Waals surface area contributed by atoms with Crippen LogP contribution in [0.5, 0.6) is 11.5 Å². The zero-order valence-electron chi connectivity index (χ0n) is 17.1. The largest absolute Gasteiger partial charge is 0.495 e. The fourth-order valence-electron chi connectivity index (χ4n) is 3.37. The van der Waals surface area contributed by atoms with Crippen LogP contribution in [0.4, 0.5) is 11.4 Å². The van der Waals surface area contributed by atoms with Gasteiger partial charge in [-0.2, -0.15) is 0 Å². The van der Waals surface area contributed by atoms with Crippen molar-refractivity contribution >= 4 is 27.3 Å². The Morgan fingerprint density at radius 2 is 1.66 bits per heavy atom. The van der Waals surface area contributed by atoms with Crippen LogP contribution in [0.25, 0.3) is 0 Å².